The van der Waals surface area contributed by atoms with Gasteiger partial charge >= 0.3 is 0 Å². The average Bonchev–Trinajstić information content (AvgIpc) is 2.59. The van der Waals surface area contributed by atoms with Gasteiger partial charge in [0.05, 0.1) is 5.75 Å². The summed E-state index contributed by atoms with van der Waals surface area (Å²) >= 11 is 0. The van der Waals surface area contributed by atoms with Crippen LogP contribution in [0.5, 0.6) is 0 Å². The molecule has 1 amide bonds. The monoisotopic (exact) mass is 296 g/mol. The Labute approximate surface area is 115 Å². The van der Waals surface area contributed by atoms with Crippen LogP contribution in [0.4, 0.5) is 0 Å². The van der Waals surface area contributed by atoms with Gasteiger partial charge in [0.1, 0.15) is 9.84 Å². The highest BCUT2D eigenvalue weighted by molar-refractivity contribution is 7.90. The lowest BCUT2D eigenvalue weighted by atomic mass is 9.95. The average molecular weight is 297 g/mol. The summed E-state index contributed by atoms with van der Waals surface area (Å²) in [6.45, 7) is 2.62. The molecule has 18 heavy (non-hydrogen) atoms. The topological polar surface area (TPSA) is 66.5 Å². The van der Waals surface area contributed by atoms with E-state index < -0.39 is 9.84 Å². The largest absolute Gasteiger partial charge is 0.338 e. The predicted molar refractivity (Wildman–Crippen MR) is 72.7 cm³/mol. The van der Waals surface area contributed by atoms with Crippen LogP contribution in [0.2, 0.25) is 0 Å². The number of nitrogens with one attached hydrogen (secondary N) is 1. The molecule has 3 saturated heterocycles. The Kier molecular flexibility index (Phi) is 5.43. The molecule has 3 heterocycles. The van der Waals surface area contributed by atoms with Gasteiger partial charge in [0.15, 0.2) is 0 Å². The maximum atomic E-state index is 12.0. The summed E-state index contributed by atoms with van der Waals surface area (Å²) in [5.41, 5.74) is 0. The Morgan fingerprint density at radius 3 is 2.72 bits per heavy atom. The second kappa shape index (κ2) is 6.21. The lowest BCUT2D eigenvalue weighted by molar-refractivity contribution is -0.134. The van der Waals surface area contributed by atoms with E-state index in [0.717, 1.165) is 26.1 Å². The molecule has 1 N–H and O–H groups in total. The summed E-state index contributed by atoms with van der Waals surface area (Å²) in [5, 5.41) is 3.35. The van der Waals surface area contributed by atoms with Crippen molar-refractivity contribution in [2.45, 2.75) is 25.3 Å². The van der Waals surface area contributed by atoms with E-state index in [2.05, 4.69) is 5.32 Å². The maximum Gasteiger partial charge on any atom is 0.223 e. The lowest BCUT2D eigenvalue weighted by Gasteiger charge is -2.36. The Bertz CT molecular complexity index is 395. The molecule has 0 saturated carbocycles. The Hall–Kier alpha value is -0.330. The summed E-state index contributed by atoms with van der Waals surface area (Å²) in [6.07, 6.45) is 3.52. The third-order valence-electron chi connectivity index (χ3n) is 3.62. The van der Waals surface area contributed by atoms with Crippen molar-refractivity contribution in [1.29, 1.82) is 0 Å². The van der Waals surface area contributed by atoms with Crippen LogP contribution in [0.3, 0.4) is 0 Å². The molecule has 0 aromatic heterocycles. The molecule has 7 heteroatoms. The van der Waals surface area contributed by atoms with Gasteiger partial charge in [-0.3, -0.25) is 4.79 Å². The Morgan fingerprint density at radius 2 is 2.06 bits per heavy atom. The van der Waals surface area contributed by atoms with Gasteiger partial charge in [-0.25, -0.2) is 8.42 Å². The number of rotatable bonds is 3. The van der Waals surface area contributed by atoms with Crippen molar-refractivity contribution in [3.05, 3.63) is 0 Å². The van der Waals surface area contributed by atoms with Gasteiger partial charge in [0, 0.05) is 31.8 Å². The standard InChI is InChI=1S/C11H20N2O3S.ClH/c1-17(15,16)5-4-11(14)13-8-9-2-3-10(13)7-12-6-9;/h9-10,12H,2-8H2,1H3;1H/t9-,10+;/m1./s1. The van der Waals surface area contributed by atoms with E-state index in [1.807, 2.05) is 4.90 Å². The zero-order valence-corrected chi connectivity index (χ0v) is 12.2. The molecule has 3 aliphatic heterocycles. The molecule has 3 fully saturated rings. The predicted octanol–water partition coefficient (Wildman–Crippen LogP) is 0.0533. The van der Waals surface area contributed by atoms with E-state index in [9.17, 15) is 13.2 Å². The highest BCUT2D eigenvalue weighted by atomic mass is 35.5. The molecule has 0 radical (unpaired) electrons. The minimum atomic E-state index is -3.04. The number of piperidine rings is 1. The number of fused-ring (bicyclic) bond motifs is 4. The zero-order valence-electron chi connectivity index (χ0n) is 10.6. The van der Waals surface area contributed by atoms with Gasteiger partial charge in [-0.2, -0.15) is 0 Å². The van der Waals surface area contributed by atoms with E-state index in [4.69, 9.17) is 0 Å². The fourth-order valence-corrected chi connectivity index (χ4v) is 3.20. The van der Waals surface area contributed by atoms with Gasteiger partial charge in [-0.15, -0.1) is 12.4 Å². The van der Waals surface area contributed by atoms with Crippen LogP contribution in [0, 0.1) is 5.92 Å². The fraction of sp³-hybridized carbons (Fsp3) is 0.909. The van der Waals surface area contributed by atoms with Crippen molar-refractivity contribution in [1.82, 2.24) is 10.2 Å². The molecule has 5 nitrogen and oxygen atoms in total. The molecule has 0 aromatic carbocycles. The summed E-state index contributed by atoms with van der Waals surface area (Å²) in [5.74, 6) is 0.498. The van der Waals surface area contributed by atoms with E-state index in [1.165, 1.54) is 12.7 Å². The normalized spacial score (nSPS) is 27.5. The van der Waals surface area contributed by atoms with Crippen molar-refractivity contribution in [3.63, 3.8) is 0 Å². The summed E-state index contributed by atoms with van der Waals surface area (Å²) < 4.78 is 22.1. The van der Waals surface area contributed by atoms with Crippen LogP contribution >= 0.6 is 12.4 Å². The van der Waals surface area contributed by atoms with Gasteiger partial charge in [0.25, 0.3) is 0 Å². The van der Waals surface area contributed by atoms with Crippen molar-refractivity contribution >= 4 is 28.2 Å². The molecule has 0 spiro atoms. The van der Waals surface area contributed by atoms with E-state index in [0.29, 0.717) is 5.92 Å². The van der Waals surface area contributed by atoms with Gasteiger partial charge in [0.2, 0.25) is 5.91 Å². The molecular formula is C11H21ClN2O3S. The molecule has 3 rings (SSSR count). The van der Waals surface area contributed by atoms with Crippen LogP contribution < -0.4 is 5.32 Å². The summed E-state index contributed by atoms with van der Waals surface area (Å²) in [7, 11) is -3.04. The Balaban J connectivity index is 0.00000162. The first kappa shape index (κ1) is 15.7. The van der Waals surface area contributed by atoms with Crippen LogP contribution in [0.1, 0.15) is 19.3 Å². The van der Waals surface area contributed by atoms with Crippen molar-refractivity contribution in [3.8, 4) is 0 Å². The minimum absolute atomic E-state index is 0. The number of hydrogen-bond donors (Lipinski definition) is 1. The minimum Gasteiger partial charge on any atom is -0.338 e. The molecule has 0 unspecified atom stereocenters. The number of nitrogens with zero attached hydrogens (tertiary/aromatic N) is 1. The maximum absolute atomic E-state index is 12.0. The second-order valence-corrected chi connectivity index (χ2v) is 7.44. The first-order valence-corrected chi connectivity index (χ1v) is 8.19. The summed E-state index contributed by atoms with van der Waals surface area (Å²) in [6, 6.07) is 0.265. The number of sulfone groups is 1. The third-order valence-corrected chi connectivity index (χ3v) is 4.57. The number of carbonyl (C=O) groups excluding carboxylic acids is 1. The number of hydrogen-bond acceptors (Lipinski definition) is 4. The summed E-state index contributed by atoms with van der Waals surface area (Å²) in [4.78, 5) is 13.9. The lowest BCUT2D eigenvalue weighted by Crippen LogP contribution is -2.47. The first-order chi connectivity index (χ1) is 7.96. The van der Waals surface area contributed by atoms with Gasteiger partial charge in [-0.05, 0) is 25.3 Å². The first-order valence-electron chi connectivity index (χ1n) is 6.13. The third kappa shape index (κ3) is 4.10. The fourth-order valence-electron chi connectivity index (χ4n) is 2.66. The van der Waals surface area contributed by atoms with Crippen LogP contribution in [0.15, 0.2) is 0 Å². The molecule has 2 atom stereocenters. The molecule has 2 bridgehead atoms. The van der Waals surface area contributed by atoms with Crippen molar-refractivity contribution in [2.75, 3.05) is 31.6 Å². The smallest absolute Gasteiger partial charge is 0.223 e. The van der Waals surface area contributed by atoms with Crippen molar-refractivity contribution < 1.29 is 13.2 Å². The quantitative estimate of drug-likeness (QED) is 0.799. The van der Waals surface area contributed by atoms with E-state index >= 15 is 0 Å². The van der Waals surface area contributed by atoms with Crippen LogP contribution in [-0.4, -0.2) is 56.9 Å². The van der Waals surface area contributed by atoms with Crippen LogP contribution in [0.25, 0.3) is 0 Å². The molecule has 106 valence electrons. The van der Waals surface area contributed by atoms with E-state index in [1.54, 1.807) is 0 Å². The number of carbonyl (C=O) groups is 1. The van der Waals surface area contributed by atoms with Crippen LogP contribution in [-0.2, 0) is 14.6 Å². The highest BCUT2D eigenvalue weighted by Crippen LogP contribution is 2.24. The molecular weight excluding hydrogens is 276 g/mol. The van der Waals surface area contributed by atoms with Gasteiger partial charge in [-0.1, -0.05) is 0 Å². The van der Waals surface area contributed by atoms with E-state index in [-0.39, 0.29) is 36.5 Å². The van der Waals surface area contributed by atoms with Gasteiger partial charge < -0.3 is 10.2 Å². The SMILES string of the molecule is CS(=O)(=O)CCC(=O)N1C[C@@H]2CC[C@H]1CNC2.Cl. The zero-order chi connectivity index (χ0) is 12.5. The molecule has 3 aliphatic rings. The highest BCUT2D eigenvalue weighted by Gasteiger charge is 2.33. The number of halogens is 1. The number of amides is 1. The molecule has 0 aliphatic carbocycles. The van der Waals surface area contributed by atoms with Crippen molar-refractivity contribution in [2.24, 2.45) is 5.92 Å². The molecule has 0 aromatic rings. The Morgan fingerprint density at radius 1 is 1.33 bits per heavy atom. The second-order valence-electron chi connectivity index (χ2n) is 5.18.